The maximum Gasteiger partial charge on any atom is 0.150 e. The molecule has 0 amide bonds. The molecule has 0 radical (unpaired) electrons. The summed E-state index contributed by atoms with van der Waals surface area (Å²) in [6.45, 7) is 4.15. The lowest BCUT2D eigenvalue weighted by molar-refractivity contribution is -0.181. The molecule has 3 aliphatic rings. The molecular weight excluding hydrogens is 176 g/mol. The summed E-state index contributed by atoms with van der Waals surface area (Å²) in [5, 5.41) is 0. The highest BCUT2D eigenvalue weighted by molar-refractivity contribution is 5.93. The number of Topliss-reactive ketones (excluding diaryl/α,β-unsaturated/α-hetero) is 1. The van der Waals surface area contributed by atoms with E-state index in [0.29, 0.717) is 5.78 Å². The maximum atomic E-state index is 12.4. The number of hydrogen-bond acceptors (Lipinski definition) is 2. The van der Waals surface area contributed by atoms with Crippen LogP contribution in [0.5, 0.6) is 0 Å². The molecule has 2 heteroatoms. The zero-order valence-electron chi connectivity index (χ0n) is 8.75. The Bertz CT molecular complexity index is 305. The normalized spacial score (nSPS) is 55.1. The zero-order chi connectivity index (χ0) is 9.97. The van der Waals surface area contributed by atoms with Gasteiger partial charge in [-0.25, -0.2) is 0 Å². The monoisotopic (exact) mass is 192 g/mol. The smallest absolute Gasteiger partial charge is 0.150 e. The molecule has 1 saturated carbocycles. The fourth-order valence-corrected chi connectivity index (χ4v) is 3.42. The van der Waals surface area contributed by atoms with E-state index in [1.807, 2.05) is 0 Å². The van der Waals surface area contributed by atoms with Gasteiger partial charge in [0.25, 0.3) is 0 Å². The van der Waals surface area contributed by atoms with Gasteiger partial charge in [0.05, 0.1) is 23.0 Å². The molecule has 2 aliphatic heterocycles. The van der Waals surface area contributed by atoms with E-state index in [4.69, 9.17) is 4.74 Å². The van der Waals surface area contributed by atoms with Gasteiger partial charge < -0.3 is 4.74 Å². The maximum absolute atomic E-state index is 12.4. The summed E-state index contributed by atoms with van der Waals surface area (Å²) in [6.07, 6.45) is 7.43. The van der Waals surface area contributed by atoms with E-state index in [9.17, 15) is 4.79 Å². The molecular formula is C12H16O2. The van der Waals surface area contributed by atoms with Crippen LogP contribution in [0.2, 0.25) is 0 Å². The average Bonchev–Trinajstić information content (AvgIpc) is 2.61. The van der Waals surface area contributed by atoms with Gasteiger partial charge >= 0.3 is 0 Å². The lowest BCUT2D eigenvalue weighted by Gasteiger charge is -2.51. The number of ether oxygens (including phenoxy) is 1. The van der Waals surface area contributed by atoms with Crippen LogP contribution < -0.4 is 0 Å². The van der Waals surface area contributed by atoms with Gasteiger partial charge in [0.15, 0.2) is 0 Å². The topological polar surface area (TPSA) is 26.3 Å². The SMILES string of the molecule is C[C@]12CCC[C@](C)(C1=O)[C@@H]1C=C[C@H]2O1. The number of carbonyl (C=O) groups is 1. The summed E-state index contributed by atoms with van der Waals surface area (Å²) in [7, 11) is 0. The van der Waals surface area contributed by atoms with Crippen LogP contribution in [0.15, 0.2) is 12.2 Å². The molecule has 1 aliphatic carbocycles. The van der Waals surface area contributed by atoms with Crippen molar-refractivity contribution in [1.29, 1.82) is 0 Å². The van der Waals surface area contributed by atoms with Gasteiger partial charge in [0, 0.05) is 0 Å². The number of carbonyl (C=O) groups excluding carboxylic acids is 1. The third-order valence-electron chi connectivity index (χ3n) is 4.44. The van der Waals surface area contributed by atoms with E-state index < -0.39 is 0 Å². The minimum Gasteiger partial charge on any atom is -0.365 e. The molecule has 1 saturated heterocycles. The Balaban J connectivity index is 2.16. The quantitative estimate of drug-likeness (QED) is 0.549. The van der Waals surface area contributed by atoms with E-state index in [2.05, 4.69) is 26.0 Å². The molecule has 0 unspecified atom stereocenters. The van der Waals surface area contributed by atoms with Gasteiger partial charge in [0.2, 0.25) is 0 Å². The Morgan fingerprint density at radius 3 is 2.21 bits per heavy atom. The van der Waals surface area contributed by atoms with Crippen LogP contribution in [0.25, 0.3) is 0 Å². The summed E-state index contributed by atoms with van der Waals surface area (Å²) < 4.78 is 5.91. The Labute approximate surface area is 84.3 Å². The van der Waals surface area contributed by atoms with E-state index >= 15 is 0 Å². The summed E-state index contributed by atoms with van der Waals surface area (Å²) in [5.41, 5.74) is -0.479. The first-order valence-corrected chi connectivity index (χ1v) is 5.46. The summed E-state index contributed by atoms with van der Waals surface area (Å²) in [6, 6.07) is 0. The molecule has 4 bridgehead atoms. The minimum absolute atomic E-state index is 0.0494. The Kier molecular flexibility index (Phi) is 1.42. The van der Waals surface area contributed by atoms with E-state index in [0.717, 1.165) is 19.3 Å². The van der Waals surface area contributed by atoms with Crippen LogP contribution in [0, 0.1) is 10.8 Å². The predicted molar refractivity (Wildman–Crippen MR) is 52.9 cm³/mol. The van der Waals surface area contributed by atoms with Crippen molar-refractivity contribution in [2.45, 2.75) is 45.3 Å². The van der Waals surface area contributed by atoms with Crippen molar-refractivity contribution in [1.82, 2.24) is 0 Å². The van der Waals surface area contributed by atoms with E-state index in [-0.39, 0.29) is 23.0 Å². The van der Waals surface area contributed by atoms with Crippen LogP contribution in [-0.2, 0) is 9.53 Å². The van der Waals surface area contributed by atoms with Gasteiger partial charge in [-0.3, -0.25) is 4.79 Å². The van der Waals surface area contributed by atoms with Crippen LogP contribution in [0.3, 0.4) is 0 Å². The second kappa shape index (κ2) is 2.30. The highest BCUT2D eigenvalue weighted by atomic mass is 16.5. The van der Waals surface area contributed by atoms with Crippen molar-refractivity contribution in [2.24, 2.45) is 10.8 Å². The molecule has 0 aromatic rings. The fourth-order valence-electron chi connectivity index (χ4n) is 3.42. The van der Waals surface area contributed by atoms with Crippen LogP contribution in [-0.4, -0.2) is 18.0 Å². The first-order valence-electron chi connectivity index (χ1n) is 5.46. The third-order valence-corrected chi connectivity index (χ3v) is 4.44. The summed E-state index contributed by atoms with van der Waals surface area (Å²) in [5.74, 6) is 0.433. The molecule has 2 nitrogen and oxygen atoms in total. The van der Waals surface area contributed by atoms with Crippen molar-refractivity contribution < 1.29 is 9.53 Å². The molecule has 4 atom stereocenters. The van der Waals surface area contributed by atoms with Crippen LogP contribution >= 0.6 is 0 Å². The molecule has 0 N–H and O–H groups in total. The van der Waals surface area contributed by atoms with Crippen molar-refractivity contribution in [3.8, 4) is 0 Å². The van der Waals surface area contributed by atoms with Crippen molar-refractivity contribution in [2.75, 3.05) is 0 Å². The molecule has 2 fully saturated rings. The molecule has 0 aromatic heterocycles. The van der Waals surface area contributed by atoms with Crippen molar-refractivity contribution in [3.63, 3.8) is 0 Å². The van der Waals surface area contributed by atoms with Crippen molar-refractivity contribution in [3.05, 3.63) is 12.2 Å². The largest absolute Gasteiger partial charge is 0.365 e. The molecule has 14 heavy (non-hydrogen) atoms. The standard InChI is InChI=1S/C12H16O2/c1-11-6-3-7-12(2,10(11)13)9-5-4-8(11)14-9/h4-5,8-9H,3,6-7H2,1-2H3/t8-,9+,11-,12+. The molecule has 0 aromatic carbocycles. The zero-order valence-corrected chi connectivity index (χ0v) is 8.75. The lowest BCUT2D eigenvalue weighted by atomic mass is 9.58. The van der Waals surface area contributed by atoms with Gasteiger partial charge in [-0.15, -0.1) is 0 Å². The first-order chi connectivity index (χ1) is 6.57. The average molecular weight is 192 g/mol. The fraction of sp³-hybridized carbons (Fsp3) is 0.750. The van der Waals surface area contributed by atoms with Crippen molar-refractivity contribution >= 4 is 5.78 Å². The molecule has 76 valence electrons. The number of fused-ring (bicyclic) bond motifs is 6. The van der Waals surface area contributed by atoms with Crippen LogP contribution in [0.4, 0.5) is 0 Å². The van der Waals surface area contributed by atoms with Gasteiger partial charge in [-0.05, 0) is 26.7 Å². The third kappa shape index (κ3) is 0.750. The molecule has 0 spiro atoms. The number of rotatable bonds is 0. The van der Waals surface area contributed by atoms with Gasteiger partial charge in [-0.2, -0.15) is 0 Å². The lowest BCUT2D eigenvalue weighted by Crippen LogP contribution is -2.59. The van der Waals surface area contributed by atoms with Gasteiger partial charge in [-0.1, -0.05) is 18.6 Å². The summed E-state index contributed by atoms with van der Waals surface area (Å²) >= 11 is 0. The predicted octanol–water partition coefficient (Wildman–Crippen LogP) is 2.09. The second-order valence-electron chi connectivity index (χ2n) is 5.38. The molecule has 2 heterocycles. The van der Waals surface area contributed by atoms with Crippen LogP contribution in [0.1, 0.15) is 33.1 Å². The highest BCUT2D eigenvalue weighted by Gasteiger charge is 2.61. The summed E-state index contributed by atoms with van der Waals surface area (Å²) in [4.78, 5) is 12.4. The Morgan fingerprint density at radius 1 is 1.21 bits per heavy atom. The second-order valence-corrected chi connectivity index (χ2v) is 5.38. The highest BCUT2D eigenvalue weighted by Crippen LogP contribution is 2.55. The first kappa shape index (κ1) is 8.66. The minimum atomic E-state index is -0.240. The van der Waals surface area contributed by atoms with E-state index in [1.54, 1.807) is 0 Å². The Hall–Kier alpha value is -0.630. The number of ketones is 1. The van der Waals surface area contributed by atoms with E-state index in [1.165, 1.54) is 0 Å². The van der Waals surface area contributed by atoms with Gasteiger partial charge in [0.1, 0.15) is 5.78 Å². The molecule has 3 rings (SSSR count). The Morgan fingerprint density at radius 2 is 1.71 bits per heavy atom. The number of hydrogen-bond donors (Lipinski definition) is 0.